The van der Waals surface area contributed by atoms with E-state index in [0.717, 1.165) is 0 Å². The molecule has 3 fully saturated rings. The Morgan fingerprint density at radius 1 is 0.949 bits per heavy atom. The van der Waals surface area contributed by atoms with Gasteiger partial charge in [-0.3, -0.25) is 9.11 Å². The molecule has 1 saturated carbocycles. The Bertz CT molecular complexity index is 876. The third-order valence-electron chi connectivity index (χ3n) is 6.95. The van der Waals surface area contributed by atoms with Crippen LogP contribution in [0.1, 0.15) is 20.3 Å². The zero-order valence-corrected chi connectivity index (χ0v) is 22.5. The van der Waals surface area contributed by atoms with Crippen LogP contribution in [0.3, 0.4) is 0 Å². The average molecular weight is 595 g/mol. The van der Waals surface area contributed by atoms with E-state index in [4.69, 9.17) is 53.7 Å². The third-order valence-corrected chi connectivity index (χ3v) is 6.95. The second-order valence-corrected chi connectivity index (χ2v) is 11.2. The predicted molar refractivity (Wildman–Crippen MR) is 130 cm³/mol. The van der Waals surface area contributed by atoms with Gasteiger partial charge in [-0.05, 0) is 27.3 Å². The van der Waals surface area contributed by atoms with Gasteiger partial charge >= 0.3 is 10.4 Å². The molecule has 19 heteroatoms. The van der Waals surface area contributed by atoms with Crippen molar-refractivity contribution >= 4 is 10.4 Å². The molecule has 0 amide bonds. The standard InChI is InChI=1S/C20H40N4O10.H2O4S/c1-6(25)14-11(27)10(26)9(23)18(32-14)33-15-7(21)4-8(22)16(12(15)28)34-19-13(29)17(24-3)20(2,30)5-31-19;1-5(2,3)4/h6-19,24-30H,4-5,21-23H2,1-3H3;(H2,1,2,3,4)/t6?,7-,8+,9-,10-,11+,12-,13-,14-,15+,16-,17-,18-,19-,20+;/m1./s1. The molecule has 2 aliphatic heterocycles. The van der Waals surface area contributed by atoms with E-state index < -0.39 is 102 Å². The Morgan fingerprint density at radius 2 is 1.44 bits per heavy atom. The molecule has 2 saturated heterocycles. The number of nitrogens with two attached hydrogens (primary N) is 3. The number of hydrogen-bond donors (Lipinski definition) is 12. The molecule has 1 aliphatic carbocycles. The summed E-state index contributed by atoms with van der Waals surface area (Å²) >= 11 is 0. The van der Waals surface area contributed by atoms with Crippen molar-refractivity contribution in [2.24, 2.45) is 17.2 Å². The predicted octanol–water partition coefficient (Wildman–Crippen LogP) is -6.27. The van der Waals surface area contributed by atoms with Gasteiger partial charge in [-0.1, -0.05) is 0 Å². The van der Waals surface area contributed by atoms with Gasteiger partial charge in [0.25, 0.3) is 0 Å². The molecule has 1 unspecified atom stereocenters. The van der Waals surface area contributed by atoms with Gasteiger partial charge in [-0.25, -0.2) is 0 Å². The highest BCUT2D eigenvalue weighted by molar-refractivity contribution is 7.79. The molecule has 3 rings (SSSR count). The van der Waals surface area contributed by atoms with Gasteiger partial charge in [0.15, 0.2) is 12.6 Å². The van der Waals surface area contributed by atoms with Crippen LogP contribution in [0.2, 0.25) is 0 Å². The average Bonchev–Trinajstić information content (AvgIpc) is 2.79. The van der Waals surface area contributed by atoms with Crippen molar-refractivity contribution in [3.05, 3.63) is 0 Å². The molecule has 0 bridgehead atoms. The number of nitrogens with one attached hydrogen (secondary N) is 1. The maximum atomic E-state index is 11.1. The van der Waals surface area contributed by atoms with Crippen molar-refractivity contribution in [3.63, 3.8) is 0 Å². The van der Waals surface area contributed by atoms with Gasteiger partial charge in [0.2, 0.25) is 0 Å². The van der Waals surface area contributed by atoms with Crippen LogP contribution in [0.25, 0.3) is 0 Å². The topological polar surface area (TPSA) is 323 Å². The molecule has 0 aromatic carbocycles. The molecule has 0 aromatic rings. The van der Waals surface area contributed by atoms with Gasteiger partial charge < -0.3 is 72.1 Å². The summed E-state index contributed by atoms with van der Waals surface area (Å²) in [6.45, 7) is 2.75. The lowest BCUT2D eigenvalue weighted by Crippen LogP contribution is -2.69. The maximum absolute atomic E-state index is 11.1. The zero-order valence-electron chi connectivity index (χ0n) is 21.7. The minimum atomic E-state index is -4.67. The number of ether oxygens (including phenoxy) is 4. The van der Waals surface area contributed by atoms with Crippen LogP contribution < -0.4 is 22.5 Å². The first-order valence-corrected chi connectivity index (χ1v) is 13.5. The molecule has 0 aromatic heterocycles. The smallest absolute Gasteiger partial charge is 0.391 e. The van der Waals surface area contributed by atoms with Crippen LogP contribution >= 0.6 is 0 Å². The molecular weight excluding hydrogens is 552 g/mol. The van der Waals surface area contributed by atoms with Crippen LogP contribution in [0.5, 0.6) is 0 Å². The summed E-state index contributed by atoms with van der Waals surface area (Å²) in [7, 11) is -3.09. The lowest BCUT2D eigenvalue weighted by molar-refractivity contribution is -0.319. The molecule has 2 heterocycles. The third kappa shape index (κ3) is 8.66. The van der Waals surface area contributed by atoms with E-state index in [1.54, 1.807) is 7.05 Å². The summed E-state index contributed by atoms with van der Waals surface area (Å²) in [5.74, 6) is 0. The van der Waals surface area contributed by atoms with Crippen molar-refractivity contribution < 1.29 is 67.1 Å². The lowest BCUT2D eigenvalue weighted by Gasteiger charge is -2.49. The molecule has 18 nitrogen and oxygen atoms in total. The van der Waals surface area contributed by atoms with E-state index in [1.807, 2.05) is 0 Å². The first-order chi connectivity index (χ1) is 17.8. The second-order valence-electron chi connectivity index (χ2n) is 10.3. The first-order valence-electron chi connectivity index (χ1n) is 12.1. The van der Waals surface area contributed by atoms with Gasteiger partial charge in [0.05, 0.1) is 24.8 Å². The Kier molecular flexibility index (Phi) is 12.0. The fourth-order valence-corrected chi connectivity index (χ4v) is 4.95. The van der Waals surface area contributed by atoms with Gasteiger partial charge in [0.1, 0.15) is 48.3 Å². The van der Waals surface area contributed by atoms with Crippen LogP contribution in [0.15, 0.2) is 0 Å². The summed E-state index contributed by atoms with van der Waals surface area (Å²) in [5.41, 5.74) is 17.0. The number of hydrogen-bond acceptors (Lipinski definition) is 16. The highest BCUT2D eigenvalue weighted by Gasteiger charge is 2.52. The molecule has 232 valence electrons. The normalized spacial score (nSPS) is 48.1. The quantitative estimate of drug-likeness (QED) is 0.127. The molecule has 3 aliphatic rings. The molecule has 39 heavy (non-hydrogen) atoms. The highest BCUT2D eigenvalue weighted by atomic mass is 32.3. The lowest BCUT2D eigenvalue weighted by atomic mass is 9.84. The van der Waals surface area contributed by atoms with Gasteiger partial charge in [0, 0.05) is 12.1 Å². The van der Waals surface area contributed by atoms with E-state index in [-0.39, 0.29) is 13.0 Å². The van der Waals surface area contributed by atoms with Gasteiger partial charge in [-0.2, -0.15) is 8.42 Å². The van der Waals surface area contributed by atoms with Crippen molar-refractivity contribution in [3.8, 4) is 0 Å². The first kappa shape index (κ1) is 34.5. The van der Waals surface area contributed by atoms with Crippen LogP contribution in [-0.4, -0.2) is 153 Å². The Morgan fingerprint density at radius 3 is 1.90 bits per heavy atom. The molecule has 0 radical (unpaired) electrons. The van der Waals surface area contributed by atoms with Gasteiger partial charge in [-0.15, -0.1) is 0 Å². The van der Waals surface area contributed by atoms with Crippen LogP contribution in [0.4, 0.5) is 0 Å². The van der Waals surface area contributed by atoms with Crippen LogP contribution in [-0.2, 0) is 29.3 Å². The fourth-order valence-electron chi connectivity index (χ4n) is 4.95. The van der Waals surface area contributed by atoms with Crippen molar-refractivity contribution in [2.75, 3.05) is 13.7 Å². The summed E-state index contributed by atoms with van der Waals surface area (Å²) in [4.78, 5) is 0. The Hall–Kier alpha value is -0.690. The monoisotopic (exact) mass is 594 g/mol. The number of likely N-dealkylation sites (N-methyl/N-ethyl adjacent to an activating group) is 1. The number of aliphatic hydroxyl groups excluding tert-OH is 5. The van der Waals surface area contributed by atoms with E-state index in [2.05, 4.69) is 5.32 Å². The molecule has 0 spiro atoms. The summed E-state index contributed by atoms with van der Waals surface area (Å²) in [5, 5.41) is 65.2. The van der Waals surface area contributed by atoms with E-state index in [9.17, 15) is 30.6 Å². The van der Waals surface area contributed by atoms with Crippen molar-refractivity contribution in [1.82, 2.24) is 5.32 Å². The fraction of sp³-hybridized carbons (Fsp3) is 1.00. The summed E-state index contributed by atoms with van der Waals surface area (Å²) in [6.07, 6.45) is -12.4. The molecule has 15 atom stereocenters. The highest BCUT2D eigenvalue weighted by Crippen LogP contribution is 2.32. The molecule has 15 N–H and O–H groups in total. The maximum Gasteiger partial charge on any atom is 0.394 e. The van der Waals surface area contributed by atoms with E-state index >= 15 is 0 Å². The second kappa shape index (κ2) is 13.5. The van der Waals surface area contributed by atoms with E-state index in [1.165, 1.54) is 13.8 Å². The zero-order chi connectivity index (χ0) is 30.0. The Labute approximate surface area is 225 Å². The summed E-state index contributed by atoms with van der Waals surface area (Å²) < 4.78 is 54.4. The minimum Gasteiger partial charge on any atom is -0.391 e. The number of aliphatic hydroxyl groups is 6. The number of rotatable bonds is 6. The van der Waals surface area contributed by atoms with Crippen molar-refractivity contribution in [2.45, 2.75) is 111 Å². The van der Waals surface area contributed by atoms with Crippen LogP contribution in [0, 0.1) is 0 Å². The SMILES string of the molecule is CN[C@@H]1[C@@H](O)[C@@H](O[C@H]2[C@H](O)[C@@H](O[C@H]3O[C@H](C(C)O)[C@@H](O)[C@H](O)[C@H]3N)[C@H](N)C[C@@H]2N)OC[C@]1(C)O.O=S(=O)(O)O. The Balaban J connectivity index is 0.000000976. The minimum absolute atomic E-state index is 0.135. The molecular formula is C20H42N4O14S. The summed E-state index contributed by atoms with van der Waals surface area (Å²) in [6, 6.07) is -3.47. The van der Waals surface area contributed by atoms with Crippen molar-refractivity contribution in [1.29, 1.82) is 0 Å². The largest absolute Gasteiger partial charge is 0.394 e. The van der Waals surface area contributed by atoms with E-state index in [0.29, 0.717) is 0 Å².